The fraction of sp³-hybridized carbons (Fsp3) is 0.143. The molecule has 0 aliphatic carbocycles. The Morgan fingerprint density at radius 3 is 2.70 bits per heavy atom. The number of pyridine rings is 1. The Balaban J connectivity index is 1.82. The van der Waals surface area contributed by atoms with Gasteiger partial charge in [-0.3, -0.25) is 4.79 Å². The van der Waals surface area contributed by atoms with Gasteiger partial charge in [0.2, 0.25) is 5.95 Å². The normalized spacial score (nSPS) is 10.1. The minimum Gasteiger partial charge on any atom is -0.492 e. The lowest BCUT2D eigenvalue weighted by molar-refractivity contribution is 0.0941. The van der Waals surface area contributed by atoms with Gasteiger partial charge < -0.3 is 10.1 Å². The highest BCUT2D eigenvalue weighted by molar-refractivity contribution is 5.94. The number of ether oxygens (including phenoxy) is 1. The van der Waals surface area contributed by atoms with Gasteiger partial charge in [-0.1, -0.05) is 18.2 Å². The minimum absolute atomic E-state index is 0.178. The Bertz CT molecular complexity index is 591. The minimum atomic E-state index is -1.29. The van der Waals surface area contributed by atoms with Gasteiger partial charge in [-0.05, 0) is 18.2 Å². The van der Waals surface area contributed by atoms with Crippen LogP contribution < -0.4 is 10.1 Å². The molecule has 0 saturated carbocycles. The van der Waals surface area contributed by atoms with Crippen LogP contribution in [0, 0.1) is 11.8 Å². The van der Waals surface area contributed by atoms with Crippen molar-refractivity contribution in [3.05, 3.63) is 59.9 Å². The van der Waals surface area contributed by atoms with Crippen LogP contribution in [-0.4, -0.2) is 24.0 Å². The van der Waals surface area contributed by atoms with E-state index in [0.717, 1.165) is 12.3 Å². The number of nitrogens with one attached hydrogen (secondary N) is 1. The van der Waals surface area contributed by atoms with Crippen molar-refractivity contribution >= 4 is 5.91 Å². The van der Waals surface area contributed by atoms with Crippen molar-refractivity contribution in [1.29, 1.82) is 0 Å². The first-order valence-electron chi connectivity index (χ1n) is 5.94. The van der Waals surface area contributed by atoms with Crippen molar-refractivity contribution in [1.82, 2.24) is 10.3 Å². The zero-order valence-corrected chi connectivity index (χ0v) is 10.5. The SMILES string of the molecule is O=C(NCCOc1ccccc1)c1ccnc(F)c1F. The van der Waals surface area contributed by atoms with E-state index in [4.69, 9.17) is 4.74 Å². The molecule has 0 spiro atoms. The fourth-order valence-corrected chi connectivity index (χ4v) is 1.54. The summed E-state index contributed by atoms with van der Waals surface area (Å²) in [5, 5.41) is 2.44. The summed E-state index contributed by atoms with van der Waals surface area (Å²) < 4.78 is 31.5. The Kier molecular flexibility index (Phi) is 4.60. The van der Waals surface area contributed by atoms with Gasteiger partial charge in [-0.25, -0.2) is 9.37 Å². The number of hydrogen-bond donors (Lipinski definition) is 1. The van der Waals surface area contributed by atoms with Crippen LogP contribution in [0.3, 0.4) is 0 Å². The van der Waals surface area contributed by atoms with Crippen LogP contribution in [0.2, 0.25) is 0 Å². The summed E-state index contributed by atoms with van der Waals surface area (Å²) in [5.41, 5.74) is -0.378. The summed E-state index contributed by atoms with van der Waals surface area (Å²) in [4.78, 5) is 14.7. The third kappa shape index (κ3) is 3.50. The molecule has 0 aliphatic rings. The van der Waals surface area contributed by atoms with Crippen molar-refractivity contribution in [2.45, 2.75) is 0 Å². The maximum absolute atomic E-state index is 13.3. The number of para-hydroxylation sites is 1. The molecule has 1 heterocycles. The maximum Gasteiger partial charge on any atom is 0.254 e. The molecule has 2 aromatic rings. The highest BCUT2D eigenvalue weighted by atomic mass is 19.2. The number of halogens is 2. The van der Waals surface area contributed by atoms with Crippen LogP contribution in [-0.2, 0) is 0 Å². The van der Waals surface area contributed by atoms with E-state index in [2.05, 4.69) is 10.3 Å². The molecule has 0 fully saturated rings. The first-order valence-corrected chi connectivity index (χ1v) is 5.94. The van der Waals surface area contributed by atoms with E-state index in [0.29, 0.717) is 5.75 Å². The van der Waals surface area contributed by atoms with E-state index in [1.165, 1.54) is 0 Å². The molecule has 0 saturated heterocycles. The Morgan fingerprint density at radius 2 is 1.95 bits per heavy atom. The second-order valence-electron chi connectivity index (χ2n) is 3.88. The molecule has 20 heavy (non-hydrogen) atoms. The molecule has 2 rings (SSSR count). The average molecular weight is 278 g/mol. The number of carbonyl (C=O) groups is 1. The molecular weight excluding hydrogens is 266 g/mol. The average Bonchev–Trinajstić information content (AvgIpc) is 2.47. The Hall–Kier alpha value is -2.50. The number of rotatable bonds is 5. The van der Waals surface area contributed by atoms with Crippen molar-refractivity contribution in [3.8, 4) is 5.75 Å². The lowest BCUT2D eigenvalue weighted by Crippen LogP contribution is -2.29. The van der Waals surface area contributed by atoms with Crippen LogP contribution in [0.5, 0.6) is 5.75 Å². The van der Waals surface area contributed by atoms with Crippen molar-refractivity contribution in [2.75, 3.05) is 13.2 Å². The number of nitrogens with zero attached hydrogens (tertiary/aromatic N) is 1. The predicted molar refractivity (Wildman–Crippen MR) is 68.4 cm³/mol. The van der Waals surface area contributed by atoms with Crippen LogP contribution in [0.1, 0.15) is 10.4 Å². The predicted octanol–water partition coefficient (Wildman–Crippen LogP) is 2.17. The lowest BCUT2D eigenvalue weighted by Gasteiger charge is -2.08. The quantitative estimate of drug-likeness (QED) is 0.673. The molecule has 1 aromatic carbocycles. The molecule has 0 radical (unpaired) electrons. The second-order valence-corrected chi connectivity index (χ2v) is 3.88. The number of hydrogen-bond acceptors (Lipinski definition) is 3. The van der Waals surface area contributed by atoms with Gasteiger partial charge in [0.25, 0.3) is 5.91 Å². The largest absolute Gasteiger partial charge is 0.492 e. The number of benzene rings is 1. The van der Waals surface area contributed by atoms with Gasteiger partial charge in [0, 0.05) is 6.20 Å². The van der Waals surface area contributed by atoms with E-state index in [9.17, 15) is 13.6 Å². The van der Waals surface area contributed by atoms with Crippen LogP contribution >= 0.6 is 0 Å². The topological polar surface area (TPSA) is 51.2 Å². The molecule has 0 aliphatic heterocycles. The summed E-state index contributed by atoms with van der Waals surface area (Å²) in [7, 11) is 0. The molecule has 1 amide bonds. The molecule has 0 bridgehead atoms. The van der Waals surface area contributed by atoms with E-state index in [1.54, 1.807) is 12.1 Å². The monoisotopic (exact) mass is 278 g/mol. The van der Waals surface area contributed by atoms with Gasteiger partial charge in [0.1, 0.15) is 12.4 Å². The zero-order chi connectivity index (χ0) is 14.4. The molecular formula is C14H12F2N2O2. The first kappa shape index (κ1) is 13.9. The highest BCUT2D eigenvalue weighted by Crippen LogP contribution is 2.09. The standard InChI is InChI=1S/C14H12F2N2O2/c15-12-11(6-7-17-13(12)16)14(19)18-8-9-20-10-4-2-1-3-5-10/h1-7H,8-9H2,(H,18,19). The summed E-state index contributed by atoms with van der Waals surface area (Å²) >= 11 is 0. The summed E-state index contributed by atoms with van der Waals surface area (Å²) in [6.07, 6.45) is 1.04. The van der Waals surface area contributed by atoms with Crippen molar-refractivity contribution in [2.24, 2.45) is 0 Å². The Morgan fingerprint density at radius 1 is 1.20 bits per heavy atom. The maximum atomic E-state index is 13.3. The highest BCUT2D eigenvalue weighted by Gasteiger charge is 2.15. The fourth-order valence-electron chi connectivity index (χ4n) is 1.54. The summed E-state index contributed by atoms with van der Waals surface area (Å²) in [6.45, 7) is 0.405. The van der Waals surface area contributed by atoms with Crippen molar-refractivity contribution < 1.29 is 18.3 Å². The third-order valence-corrected chi connectivity index (χ3v) is 2.49. The third-order valence-electron chi connectivity index (χ3n) is 2.49. The van der Waals surface area contributed by atoms with Crippen LogP contribution in [0.25, 0.3) is 0 Å². The molecule has 104 valence electrons. The number of amides is 1. The van der Waals surface area contributed by atoms with E-state index >= 15 is 0 Å². The zero-order valence-electron chi connectivity index (χ0n) is 10.5. The summed E-state index contributed by atoms with van der Waals surface area (Å²) in [6, 6.07) is 10.2. The van der Waals surface area contributed by atoms with Crippen molar-refractivity contribution in [3.63, 3.8) is 0 Å². The van der Waals surface area contributed by atoms with Crippen LogP contribution in [0.4, 0.5) is 8.78 Å². The number of aromatic nitrogens is 1. The first-order chi connectivity index (χ1) is 9.68. The molecule has 4 nitrogen and oxygen atoms in total. The van der Waals surface area contributed by atoms with E-state index in [1.807, 2.05) is 18.2 Å². The molecule has 0 unspecified atom stereocenters. The number of carbonyl (C=O) groups excluding carboxylic acids is 1. The van der Waals surface area contributed by atoms with Gasteiger partial charge in [0.05, 0.1) is 12.1 Å². The van der Waals surface area contributed by atoms with Gasteiger partial charge >= 0.3 is 0 Å². The van der Waals surface area contributed by atoms with Gasteiger partial charge in [-0.15, -0.1) is 0 Å². The van der Waals surface area contributed by atoms with Gasteiger partial charge in [0.15, 0.2) is 5.82 Å². The Labute approximate surface area is 114 Å². The smallest absolute Gasteiger partial charge is 0.254 e. The lowest BCUT2D eigenvalue weighted by atomic mass is 10.2. The van der Waals surface area contributed by atoms with E-state index < -0.39 is 17.7 Å². The van der Waals surface area contributed by atoms with E-state index in [-0.39, 0.29) is 18.7 Å². The van der Waals surface area contributed by atoms with Crippen LogP contribution in [0.15, 0.2) is 42.6 Å². The van der Waals surface area contributed by atoms with Gasteiger partial charge in [-0.2, -0.15) is 4.39 Å². The summed E-state index contributed by atoms with van der Waals surface area (Å²) in [5.74, 6) is -2.59. The molecule has 1 aromatic heterocycles. The molecule has 6 heteroatoms. The molecule has 0 atom stereocenters. The molecule has 1 N–H and O–H groups in total. The second kappa shape index (κ2) is 6.60.